The van der Waals surface area contributed by atoms with Crippen molar-refractivity contribution >= 4 is 11.8 Å². The number of benzene rings is 2. The van der Waals surface area contributed by atoms with Crippen LogP contribution in [-0.2, 0) is 9.59 Å². The molecule has 0 aromatic heterocycles. The van der Waals surface area contributed by atoms with Crippen LogP contribution < -0.4 is 9.47 Å². The molecule has 0 saturated carbocycles. The van der Waals surface area contributed by atoms with Crippen LogP contribution in [0.5, 0.6) is 11.5 Å². The van der Waals surface area contributed by atoms with Crippen LogP contribution in [0.25, 0.3) is 0 Å². The lowest BCUT2D eigenvalue weighted by Crippen LogP contribution is -2.46. The number of carbonyl (C=O) groups is 2. The molecule has 0 aliphatic carbocycles. The van der Waals surface area contributed by atoms with E-state index < -0.39 is 12.2 Å². The van der Waals surface area contributed by atoms with Crippen molar-refractivity contribution in [2.45, 2.75) is 97.7 Å². The number of para-hydroxylation sites is 2. The van der Waals surface area contributed by atoms with E-state index in [-0.39, 0.29) is 11.8 Å². The Labute approximate surface area is 235 Å². The normalized spacial score (nSPS) is 17.1. The summed E-state index contributed by atoms with van der Waals surface area (Å²) in [5.74, 6) is 2.29. The molecule has 214 valence electrons. The summed E-state index contributed by atoms with van der Waals surface area (Å²) in [5, 5.41) is 0. The van der Waals surface area contributed by atoms with E-state index in [0.717, 1.165) is 41.9 Å². The first-order valence-corrected chi connectivity index (χ1v) is 14.9. The Hall–Kier alpha value is -3.02. The minimum absolute atomic E-state index is 0.00322. The van der Waals surface area contributed by atoms with Gasteiger partial charge in [-0.25, -0.2) is 0 Å². The van der Waals surface area contributed by atoms with Gasteiger partial charge in [-0.1, -0.05) is 77.9 Å². The minimum atomic E-state index is -0.541. The van der Waals surface area contributed by atoms with Gasteiger partial charge >= 0.3 is 0 Å². The minimum Gasteiger partial charge on any atom is -0.480 e. The summed E-state index contributed by atoms with van der Waals surface area (Å²) >= 11 is 0. The second kappa shape index (κ2) is 14.9. The summed E-state index contributed by atoms with van der Waals surface area (Å²) in [5.41, 5.74) is 2.28. The third-order valence-electron chi connectivity index (χ3n) is 8.07. The molecule has 39 heavy (non-hydrogen) atoms. The highest BCUT2D eigenvalue weighted by Crippen LogP contribution is 2.31. The van der Waals surface area contributed by atoms with E-state index in [1.807, 2.05) is 60.0 Å². The highest BCUT2D eigenvalue weighted by Gasteiger charge is 2.31. The Bertz CT molecular complexity index is 988. The first-order valence-electron chi connectivity index (χ1n) is 14.9. The Morgan fingerprint density at radius 3 is 1.38 bits per heavy atom. The fourth-order valence-electron chi connectivity index (χ4n) is 5.12. The smallest absolute Gasteiger partial charge is 0.263 e. The zero-order chi connectivity index (χ0) is 28.4. The molecule has 6 nitrogen and oxygen atoms in total. The van der Waals surface area contributed by atoms with E-state index in [2.05, 4.69) is 39.8 Å². The molecule has 0 radical (unpaired) electrons. The summed E-state index contributed by atoms with van der Waals surface area (Å²) in [4.78, 5) is 30.8. The molecular weight excluding hydrogens is 488 g/mol. The zero-order valence-corrected chi connectivity index (χ0v) is 24.8. The number of hydrogen-bond acceptors (Lipinski definition) is 4. The third kappa shape index (κ3) is 7.77. The van der Waals surface area contributed by atoms with Gasteiger partial charge in [0.05, 0.1) is 0 Å². The van der Waals surface area contributed by atoms with Gasteiger partial charge in [0.1, 0.15) is 11.5 Å². The van der Waals surface area contributed by atoms with Crippen LogP contribution >= 0.6 is 0 Å². The maximum absolute atomic E-state index is 13.5. The van der Waals surface area contributed by atoms with Gasteiger partial charge in [0.2, 0.25) is 0 Å². The van der Waals surface area contributed by atoms with Crippen LogP contribution in [0.3, 0.4) is 0 Å². The molecule has 2 aromatic carbocycles. The van der Waals surface area contributed by atoms with Crippen molar-refractivity contribution in [2.75, 3.05) is 26.2 Å². The van der Waals surface area contributed by atoms with Crippen molar-refractivity contribution in [3.05, 3.63) is 59.7 Å². The van der Waals surface area contributed by atoms with Crippen molar-refractivity contribution in [2.24, 2.45) is 0 Å². The Balaban J connectivity index is 1.65. The van der Waals surface area contributed by atoms with Crippen LogP contribution in [0.2, 0.25) is 0 Å². The van der Waals surface area contributed by atoms with E-state index in [9.17, 15) is 9.59 Å². The molecule has 1 aliphatic heterocycles. The molecule has 1 aliphatic rings. The van der Waals surface area contributed by atoms with Crippen LogP contribution in [0, 0.1) is 0 Å². The molecule has 1 fully saturated rings. The number of hydrogen-bond donors (Lipinski definition) is 0. The van der Waals surface area contributed by atoms with Crippen molar-refractivity contribution in [1.82, 2.24) is 9.80 Å². The average Bonchev–Trinajstić information content (AvgIpc) is 3.24. The summed E-state index contributed by atoms with van der Waals surface area (Å²) in [7, 11) is 0. The van der Waals surface area contributed by atoms with E-state index >= 15 is 0 Å². The van der Waals surface area contributed by atoms with Gasteiger partial charge in [-0.3, -0.25) is 9.59 Å². The van der Waals surface area contributed by atoms with E-state index in [4.69, 9.17) is 9.47 Å². The van der Waals surface area contributed by atoms with Crippen molar-refractivity contribution in [3.8, 4) is 11.5 Å². The van der Waals surface area contributed by atoms with E-state index in [1.165, 1.54) is 0 Å². The summed E-state index contributed by atoms with van der Waals surface area (Å²) in [6.07, 6.45) is 2.85. The summed E-state index contributed by atoms with van der Waals surface area (Å²) < 4.78 is 12.6. The maximum Gasteiger partial charge on any atom is 0.263 e. The molecule has 2 amide bonds. The summed E-state index contributed by atoms with van der Waals surface area (Å²) in [6, 6.07) is 16.1. The lowest BCUT2D eigenvalue weighted by Gasteiger charge is -2.28. The van der Waals surface area contributed by atoms with Crippen molar-refractivity contribution in [3.63, 3.8) is 0 Å². The van der Waals surface area contributed by atoms with Gasteiger partial charge in [-0.05, 0) is 67.2 Å². The van der Waals surface area contributed by atoms with Gasteiger partial charge in [0.15, 0.2) is 12.2 Å². The predicted octanol–water partition coefficient (Wildman–Crippen LogP) is 6.79. The Kier molecular flexibility index (Phi) is 11.7. The van der Waals surface area contributed by atoms with Gasteiger partial charge in [0, 0.05) is 26.2 Å². The SMILES string of the molecule is CCC(Oc1ccccc1C(C)CC)C(=O)N1CCCN(C(=O)C(CC)Oc2ccccc2C(C)CC)CC1. The monoisotopic (exact) mass is 536 g/mol. The lowest BCUT2D eigenvalue weighted by molar-refractivity contribution is -0.141. The molecule has 1 heterocycles. The van der Waals surface area contributed by atoms with Crippen LogP contribution in [0.4, 0.5) is 0 Å². The first-order chi connectivity index (χ1) is 18.8. The number of carbonyl (C=O) groups excluding carboxylic acids is 2. The zero-order valence-electron chi connectivity index (χ0n) is 24.8. The quantitative estimate of drug-likeness (QED) is 0.300. The summed E-state index contributed by atoms with van der Waals surface area (Å²) in [6.45, 7) is 14.9. The van der Waals surface area contributed by atoms with Gasteiger partial charge < -0.3 is 19.3 Å². The molecule has 3 rings (SSSR count). The van der Waals surface area contributed by atoms with Crippen LogP contribution in [0.15, 0.2) is 48.5 Å². The molecule has 0 spiro atoms. The number of nitrogens with zero attached hydrogens (tertiary/aromatic N) is 2. The molecule has 2 aromatic rings. The molecule has 0 bridgehead atoms. The predicted molar refractivity (Wildman–Crippen MR) is 157 cm³/mol. The van der Waals surface area contributed by atoms with Gasteiger partial charge in [-0.15, -0.1) is 0 Å². The fourth-order valence-corrected chi connectivity index (χ4v) is 5.12. The van der Waals surface area contributed by atoms with Gasteiger partial charge in [-0.2, -0.15) is 0 Å². The maximum atomic E-state index is 13.5. The lowest BCUT2D eigenvalue weighted by atomic mass is 9.98. The molecular formula is C33H48N2O4. The largest absolute Gasteiger partial charge is 0.480 e. The fraction of sp³-hybridized carbons (Fsp3) is 0.576. The molecule has 4 atom stereocenters. The number of rotatable bonds is 12. The molecule has 1 saturated heterocycles. The van der Waals surface area contributed by atoms with Crippen molar-refractivity contribution < 1.29 is 19.1 Å². The molecule has 4 unspecified atom stereocenters. The highest BCUT2D eigenvalue weighted by atomic mass is 16.5. The van der Waals surface area contributed by atoms with Crippen LogP contribution in [-0.4, -0.2) is 60.0 Å². The third-order valence-corrected chi connectivity index (χ3v) is 8.07. The second-order valence-electron chi connectivity index (χ2n) is 10.7. The van der Waals surface area contributed by atoms with Crippen LogP contribution in [0.1, 0.15) is 96.6 Å². The number of amides is 2. The molecule has 6 heteroatoms. The Morgan fingerprint density at radius 1 is 0.641 bits per heavy atom. The highest BCUT2D eigenvalue weighted by molar-refractivity contribution is 5.83. The van der Waals surface area contributed by atoms with Gasteiger partial charge in [0.25, 0.3) is 11.8 Å². The number of ether oxygens (including phenoxy) is 2. The van der Waals surface area contributed by atoms with E-state index in [0.29, 0.717) is 50.9 Å². The average molecular weight is 537 g/mol. The second-order valence-corrected chi connectivity index (χ2v) is 10.7. The van der Waals surface area contributed by atoms with E-state index in [1.54, 1.807) is 0 Å². The Morgan fingerprint density at radius 2 is 1.03 bits per heavy atom. The van der Waals surface area contributed by atoms with Crippen molar-refractivity contribution in [1.29, 1.82) is 0 Å². The topological polar surface area (TPSA) is 59.1 Å². The molecule has 0 N–H and O–H groups in total. The first kappa shape index (κ1) is 30.5. The standard InChI is InChI=1S/C33H48N2O4/c1-7-24(5)26-16-11-13-18-30(26)38-28(9-3)32(36)34-20-15-21-35(23-22-34)33(37)29(10-4)39-31-19-14-12-17-27(31)25(6)8-2/h11-14,16-19,24-25,28-29H,7-10,15,20-23H2,1-6H3.